The third-order valence-electron chi connectivity index (χ3n) is 1.25. The molecular weight excluding hydrogens is 170 g/mol. The molecular formula is C7H11N5O. The van der Waals surface area contributed by atoms with E-state index in [9.17, 15) is 4.79 Å². The van der Waals surface area contributed by atoms with E-state index in [1.807, 2.05) is 0 Å². The maximum atomic E-state index is 11.0. The Morgan fingerprint density at radius 1 is 1.54 bits per heavy atom. The van der Waals surface area contributed by atoms with Crippen molar-refractivity contribution in [1.82, 2.24) is 20.6 Å². The number of hydrazine groups is 1. The second kappa shape index (κ2) is 3.70. The van der Waals surface area contributed by atoms with Crippen LogP contribution in [0.1, 0.15) is 12.6 Å². The molecule has 0 bridgehead atoms. The summed E-state index contributed by atoms with van der Waals surface area (Å²) in [7, 11) is 0. The topological polar surface area (TPSA) is 82.7 Å². The Labute approximate surface area is 75.1 Å². The molecule has 0 amide bonds. The summed E-state index contributed by atoms with van der Waals surface area (Å²) in [6, 6.07) is 0. The van der Waals surface area contributed by atoms with Crippen molar-refractivity contribution < 1.29 is 0 Å². The van der Waals surface area contributed by atoms with Gasteiger partial charge in [0.25, 0.3) is 5.56 Å². The van der Waals surface area contributed by atoms with E-state index in [1.165, 1.54) is 0 Å². The largest absolute Gasteiger partial charge is 0.303 e. The van der Waals surface area contributed by atoms with E-state index < -0.39 is 0 Å². The Morgan fingerprint density at radius 2 is 2.23 bits per heavy atom. The molecule has 6 heteroatoms. The molecule has 0 spiro atoms. The highest BCUT2D eigenvalue weighted by Crippen LogP contribution is 1.88. The van der Waals surface area contributed by atoms with Crippen LogP contribution < -0.4 is 16.4 Å². The van der Waals surface area contributed by atoms with Crippen LogP contribution in [0.2, 0.25) is 0 Å². The lowest BCUT2D eigenvalue weighted by Gasteiger charge is -2.06. The first kappa shape index (κ1) is 9.24. The van der Waals surface area contributed by atoms with Gasteiger partial charge in [0.15, 0.2) is 0 Å². The van der Waals surface area contributed by atoms with Gasteiger partial charge in [-0.25, -0.2) is 0 Å². The molecule has 70 valence electrons. The molecule has 1 aromatic heterocycles. The van der Waals surface area contributed by atoms with Gasteiger partial charge in [-0.15, -0.1) is 10.2 Å². The summed E-state index contributed by atoms with van der Waals surface area (Å²) >= 11 is 0. The van der Waals surface area contributed by atoms with Gasteiger partial charge in [-0.2, -0.15) is 0 Å². The first-order valence-corrected chi connectivity index (χ1v) is 3.70. The molecule has 13 heavy (non-hydrogen) atoms. The highest BCUT2D eigenvalue weighted by molar-refractivity contribution is 5.20. The predicted molar refractivity (Wildman–Crippen MR) is 49.0 cm³/mol. The number of aryl methyl sites for hydroxylation is 1. The van der Waals surface area contributed by atoms with E-state index in [2.05, 4.69) is 32.6 Å². The van der Waals surface area contributed by atoms with Gasteiger partial charge in [0.05, 0.1) is 0 Å². The van der Waals surface area contributed by atoms with Crippen molar-refractivity contribution in [3.8, 4) is 0 Å². The summed E-state index contributed by atoms with van der Waals surface area (Å²) in [5.74, 6) is 0.263. The van der Waals surface area contributed by atoms with E-state index in [1.54, 1.807) is 13.8 Å². The quantitative estimate of drug-likeness (QED) is 0.568. The number of aromatic nitrogens is 3. The van der Waals surface area contributed by atoms with Gasteiger partial charge in [-0.3, -0.25) is 15.2 Å². The molecule has 0 saturated carbocycles. The zero-order chi connectivity index (χ0) is 9.84. The lowest BCUT2D eigenvalue weighted by Crippen LogP contribution is -2.24. The van der Waals surface area contributed by atoms with Gasteiger partial charge in [0.2, 0.25) is 5.95 Å². The zero-order valence-electron chi connectivity index (χ0n) is 7.51. The maximum absolute atomic E-state index is 11.0. The van der Waals surface area contributed by atoms with Gasteiger partial charge >= 0.3 is 0 Å². The minimum absolute atomic E-state index is 0.263. The Bertz CT molecular complexity index is 369. The Balaban J connectivity index is 2.74. The molecule has 0 aliphatic carbocycles. The first-order valence-electron chi connectivity index (χ1n) is 3.70. The van der Waals surface area contributed by atoms with Gasteiger partial charge in [0, 0.05) is 5.70 Å². The van der Waals surface area contributed by atoms with Crippen molar-refractivity contribution in [1.29, 1.82) is 0 Å². The fraction of sp³-hybridized carbons (Fsp3) is 0.286. The number of H-pyrrole nitrogens is 1. The number of anilines is 1. The van der Waals surface area contributed by atoms with E-state index >= 15 is 0 Å². The van der Waals surface area contributed by atoms with E-state index in [0.29, 0.717) is 11.4 Å². The number of hydrogen-bond donors (Lipinski definition) is 3. The fourth-order valence-corrected chi connectivity index (χ4v) is 0.616. The molecule has 0 unspecified atom stereocenters. The SMILES string of the molecule is C=C(C)NNc1nnc(C)c(=O)[nH]1. The molecule has 0 aliphatic heterocycles. The van der Waals surface area contributed by atoms with Gasteiger partial charge in [-0.1, -0.05) is 6.58 Å². The first-order chi connectivity index (χ1) is 6.09. The number of rotatable bonds is 3. The van der Waals surface area contributed by atoms with Crippen LogP contribution in [0.25, 0.3) is 0 Å². The molecule has 0 radical (unpaired) electrons. The highest BCUT2D eigenvalue weighted by Gasteiger charge is 1.97. The van der Waals surface area contributed by atoms with Crippen LogP contribution in [0.4, 0.5) is 5.95 Å². The van der Waals surface area contributed by atoms with Crippen molar-refractivity contribution in [3.05, 3.63) is 28.3 Å². The van der Waals surface area contributed by atoms with Gasteiger partial charge < -0.3 is 5.43 Å². The summed E-state index contributed by atoms with van der Waals surface area (Å²) in [5, 5.41) is 7.32. The minimum atomic E-state index is -0.263. The maximum Gasteiger partial charge on any atom is 0.274 e. The van der Waals surface area contributed by atoms with Crippen molar-refractivity contribution in [2.75, 3.05) is 5.43 Å². The lowest BCUT2D eigenvalue weighted by molar-refractivity contribution is 0.854. The smallest absolute Gasteiger partial charge is 0.274 e. The van der Waals surface area contributed by atoms with Crippen LogP contribution in [0.5, 0.6) is 0 Å². The monoisotopic (exact) mass is 181 g/mol. The Kier molecular flexibility index (Phi) is 2.63. The third-order valence-corrected chi connectivity index (χ3v) is 1.25. The van der Waals surface area contributed by atoms with E-state index in [-0.39, 0.29) is 11.5 Å². The fourth-order valence-electron chi connectivity index (χ4n) is 0.616. The lowest BCUT2D eigenvalue weighted by atomic mass is 10.5. The van der Waals surface area contributed by atoms with Gasteiger partial charge in [-0.05, 0) is 13.8 Å². The summed E-state index contributed by atoms with van der Waals surface area (Å²) in [6.07, 6.45) is 0. The van der Waals surface area contributed by atoms with E-state index in [4.69, 9.17) is 0 Å². The zero-order valence-corrected chi connectivity index (χ0v) is 7.51. The number of hydrogen-bond acceptors (Lipinski definition) is 5. The second-order valence-corrected chi connectivity index (χ2v) is 2.62. The number of nitrogens with one attached hydrogen (secondary N) is 3. The minimum Gasteiger partial charge on any atom is -0.303 e. The molecule has 0 fully saturated rings. The molecule has 0 aliphatic rings. The van der Waals surface area contributed by atoms with Crippen LogP contribution in [0.3, 0.4) is 0 Å². The van der Waals surface area contributed by atoms with Crippen molar-refractivity contribution >= 4 is 5.95 Å². The van der Waals surface area contributed by atoms with Crippen LogP contribution in [0, 0.1) is 6.92 Å². The standard InChI is InChI=1S/C7H11N5O/c1-4(2)9-11-7-8-6(13)5(3)10-12-7/h9H,1H2,2-3H3,(H2,8,11,12,13). The molecule has 0 atom stereocenters. The number of nitrogens with zero attached hydrogens (tertiary/aromatic N) is 2. The summed E-state index contributed by atoms with van der Waals surface area (Å²) < 4.78 is 0. The second-order valence-electron chi connectivity index (χ2n) is 2.62. The van der Waals surface area contributed by atoms with Crippen LogP contribution >= 0.6 is 0 Å². The van der Waals surface area contributed by atoms with Crippen LogP contribution in [-0.4, -0.2) is 15.2 Å². The average Bonchev–Trinajstić information content (AvgIpc) is 2.07. The normalized spacial score (nSPS) is 9.38. The average molecular weight is 181 g/mol. The molecule has 1 aromatic rings. The number of aromatic amines is 1. The van der Waals surface area contributed by atoms with Crippen molar-refractivity contribution in [2.24, 2.45) is 0 Å². The Hall–Kier alpha value is -1.85. The van der Waals surface area contributed by atoms with Crippen LogP contribution in [0.15, 0.2) is 17.1 Å². The molecule has 1 heterocycles. The van der Waals surface area contributed by atoms with Gasteiger partial charge in [0.1, 0.15) is 5.69 Å². The number of allylic oxidation sites excluding steroid dienone is 1. The molecule has 6 nitrogen and oxygen atoms in total. The summed E-state index contributed by atoms with van der Waals surface area (Å²) in [5.41, 5.74) is 6.11. The molecule has 3 N–H and O–H groups in total. The molecule has 1 rings (SSSR count). The van der Waals surface area contributed by atoms with Crippen LogP contribution in [-0.2, 0) is 0 Å². The third kappa shape index (κ3) is 2.58. The van der Waals surface area contributed by atoms with E-state index in [0.717, 1.165) is 0 Å². The van der Waals surface area contributed by atoms with Crippen molar-refractivity contribution in [2.45, 2.75) is 13.8 Å². The summed E-state index contributed by atoms with van der Waals surface area (Å²) in [4.78, 5) is 13.5. The summed E-state index contributed by atoms with van der Waals surface area (Å²) in [6.45, 7) is 6.95. The molecule has 0 saturated heterocycles. The highest BCUT2D eigenvalue weighted by atomic mass is 16.1. The molecule has 0 aromatic carbocycles. The van der Waals surface area contributed by atoms with Crippen molar-refractivity contribution in [3.63, 3.8) is 0 Å². The Morgan fingerprint density at radius 3 is 2.77 bits per heavy atom. The predicted octanol–water partition coefficient (Wildman–Crippen LogP) is -0.0766.